The van der Waals surface area contributed by atoms with E-state index < -0.39 is 0 Å². The first-order chi connectivity index (χ1) is 23.0. The molecule has 7 aromatic rings. The van der Waals surface area contributed by atoms with Crippen molar-refractivity contribution >= 4 is 48.1 Å². The standard InChI is InChI=1S/C41H35NO4S/c1-42(2)21-22-44-31-15-13-30(14-16-31)41(43)37-25-39-40(34-19-17-32(23-36(34)37)45-26-28-9-5-3-6-10-28)35-20-18-33(24-38(35)47-39)46-27-29-11-7-4-8-12-29/h3-20,23-25H,21-22,26-27H2,1-2H3. The second-order valence-electron chi connectivity index (χ2n) is 11.8. The molecule has 0 aliphatic rings. The summed E-state index contributed by atoms with van der Waals surface area (Å²) >= 11 is 1.68. The highest BCUT2D eigenvalue weighted by Crippen LogP contribution is 2.42. The Bertz CT molecular complexity index is 2160. The highest BCUT2D eigenvalue weighted by molar-refractivity contribution is 7.26. The Balaban J connectivity index is 1.26. The fourth-order valence-electron chi connectivity index (χ4n) is 5.70. The van der Waals surface area contributed by atoms with Gasteiger partial charge in [-0.3, -0.25) is 4.79 Å². The van der Waals surface area contributed by atoms with Gasteiger partial charge in [0.25, 0.3) is 0 Å². The van der Waals surface area contributed by atoms with Gasteiger partial charge >= 0.3 is 0 Å². The zero-order valence-corrected chi connectivity index (χ0v) is 27.3. The molecule has 5 nitrogen and oxygen atoms in total. The maximum atomic E-state index is 14.2. The zero-order valence-electron chi connectivity index (χ0n) is 26.4. The van der Waals surface area contributed by atoms with Gasteiger partial charge in [0.2, 0.25) is 0 Å². The molecule has 0 bridgehead atoms. The largest absolute Gasteiger partial charge is 0.492 e. The van der Waals surface area contributed by atoms with Crippen LogP contribution in [0, 0.1) is 0 Å². The third kappa shape index (κ3) is 6.85. The molecule has 0 amide bonds. The molecule has 0 fully saturated rings. The predicted molar refractivity (Wildman–Crippen MR) is 192 cm³/mol. The number of carbonyl (C=O) groups excluding carboxylic acids is 1. The van der Waals surface area contributed by atoms with Crippen LogP contribution in [0.1, 0.15) is 27.0 Å². The van der Waals surface area contributed by atoms with Gasteiger partial charge in [0.15, 0.2) is 5.78 Å². The van der Waals surface area contributed by atoms with Crippen molar-refractivity contribution < 1.29 is 19.0 Å². The zero-order chi connectivity index (χ0) is 32.2. The minimum atomic E-state index is -0.0405. The van der Waals surface area contributed by atoms with Crippen LogP contribution in [0.25, 0.3) is 30.9 Å². The van der Waals surface area contributed by atoms with Gasteiger partial charge in [-0.2, -0.15) is 0 Å². The first kappa shape index (κ1) is 30.5. The van der Waals surface area contributed by atoms with E-state index >= 15 is 0 Å². The number of ether oxygens (including phenoxy) is 3. The number of fused-ring (bicyclic) bond motifs is 5. The van der Waals surface area contributed by atoms with Crippen LogP contribution in [0.3, 0.4) is 0 Å². The quantitative estimate of drug-likeness (QED) is 0.125. The summed E-state index contributed by atoms with van der Waals surface area (Å²) in [6, 6.07) is 42.1. The number of thiophene rings is 1. The molecule has 234 valence electrons. The molecule has 0 aliphatic heterocycles. The minimum absolute atomic E-state index is 0.0405. The highest BCUT2D eigenvalue weighted by atomic mass is 32.1. The summed E-state index contributed by atoms with van der Waals surface area (Å²) in [5, 5.41) is 4.15. The van der Waals surface area contributed by atoms with E-state index in [-0.39, 0.29) is 5.78 Å². The van der Waals surface area contributed by atoms with E-state index in [1.807, 2.05) is 111 Å². The molecule has 6 aromatic carbocycles. The summed E-state index contributed by atoms with van der Waals surface area (Å²) in [4.78, 5) is 16.3. The molecule has 0 aliphatic carbocycles. The molecule has 0 N–H and O–H groups in total. The van der Waals surface area contributed by atoms with E-state index in [0.717, 1.165) is 65.9 Å². The summed E-state index contributed by atoms with van der Waals surface area (Å²) < 4.78 is 20.4. The van der Waals surface area contributed by atoms with Crippen LogP contribution in [0.2, 0.25) is 0 Å². The predicted octanol–water partition coefficient (Wildman–Crippen LogP) is 9.54. The number of rotatable bonds is 12. The van der Waals surface area contributed by atoms with Crippen molar-refractivity contribution in [2.24, 2.45) is 0 Å². The lowest BCUT2D eigenvalue weighted by Crippen LogP contribution is -2.19. The summed E-state index contributed by atoms with van der Waals surface area (Å²) in [7, 11) is 4.03. The van der Waals surface area contributed by atoms with E-state index in [0.29, 0.717) is 30.9 Å². The van der Waals surface area contributed by atoms with E-state index in [4.69, 9.17) is 14.2 Å². The lowest BCUT2D eigenvalue weighted by Gasteiger charge is -2.13. The maximum Gasteiger partial charge on any atom is 0.193 e. The van der Waals surface area contributed by atoms with Gasteiger partial charge in [0, 0.05) is 37.8 Å². The molecular formula is C41H35NO4S. The van der Waals surface area contributed by atoms with Crippen LogP contribution in [-0.4, -0.2) is 37.9 Å². The van der Waals surface area contributed by atoms with Crippen LogP contribution in [0.4, 0.5) is 0 Å². The average Bonchev–Trinajstić information content (AvgIpc) is 3.48. The minimum Gasteiger partial charge on any atom is -0.492 e. The Labute approximate surface area is 278 Å². The van der Waals surface area contributed by atoms with Gasteiger partial charge in [-0.15, -0.1) is 11.3 Å². The van der Waals surface area contributed by atoms with Crippen molar-refractivity contribution in [3.8, 4) is 17.2 Å². The van der Waals surface area contributed by atoms with Crippen LogP contribution >= 0.6 is 11.3 Å². The molecule has 1 heterocycles. The number of benzene rings is 6. The number of hydrogen-bond acceptors (Lipinski definition) is 6. The van der Waals surface area contributed by atoms with Crippen molar-refractivity contribution in [3.63, 3.8) is 0 Å². The highest BCUT2D eigenvalue weighted by Gasteiger charge is 2.19. The fraction of sp³-hybridized carbons (Fsp3) is 0.146. The monoisotopic (exact) mass is 637 g/mol. The third-order valence-corrected chi connectivity index (χ3v) is 9.28. The second kappa shape index (κ2) is 13.7. The molecule has 0 spiro atoms. The van der Waals surface area contributed by atoms with Crippen LogP contribution in [0.5, 0.6) is 17.2 Å². The van der Waals surface area contributed by atoms with E-state index in [1.165, 1.54) is 0 Å². The van der Waals surface area contributed by atoms with Crippen molar-refractivity contribution in [3.05, 3.63) is 150 Å². The molecule has 0 radical (unpaired) electrons. The van der Waals surface area contributed by atoms with Crippen LogP contribution in [-0.2, 0) is 13.2 Å². The topological polar surface area (TPSA) is 48.0 Å². The van der Waals surface area contributed by atoms with Crippen molar-refractivity contribution in [1.29, 1.82) is 0 Å². The number of likely N-dealkylation sites (N-methyl/N-ethyl adjacent to an activating group) is 1. The van der Waals surface area contributed by atoms with Crippen molar-refractivity contribution in [2.75, 3.05) is 27.2 Å². The molecule has 0 saturated carbocycles. The summed E-state index contributed by atoms with van der Waals surface area (Å²) in [5.74, 6) is 2.24. The number of hydrogen-bond donors (Lipinski definition) is 0. The molecule has 7 rings (SSSR count). The van der Waals surface area contributed by atoms with E-state index in [1.54, 1.807) is 11.3 Å². The second-order valence-corrected chi connectivity index (χ2v) is 12.9. The molecule has 0 saturated heterocycles. The third-order valence-electron chi connectivity index (χ3n) is 8.18. The van der Waals surface area contributed by atoms with Gasteiger partial charge in [-0.25, -0.2) is 0 Å². The van der Waals surface area contributed by atoms with Gasteiger partial charge in [0.05, 0.1) is 0 Å². The first-order valence-corrected chi connectivity index (χ1v) is 16.5. The van der Waals surface area contributed by atoms with Gasteiger partial charge in [-0.05, 0) is 103 Å². The summed E-state index contributed by atoms with van der Waals surface area (Å²) in [6.07, 6.45) is 0. The average molecular weight is 638 g/mol. The van der Waals surface area contributed by atoms with Crippen molar-refractivity contribution in [2.45, 2.75) is 13.2 Å². The van der Waals surface area contributed by atoms with Crippen LogP contribution in [0.15, 0.2) is 127 Å². The molecular weight excluding hydrogens is 603 g/mol. The molecule has 0 unspecified atom stereocenters. The number of carbonyl (C=O) groups is 1. The SMILES string of the molecule is CN(C)CCOc1ccc(C(=O)c2cc3sc4cc(OCc5ccccc5)ccc4c3c3ccc(OCc4ccccc4)cc23)cc1. The Morgan fingerprint density at radius 2 is 1.19 bits per heavy atom. The number of ketones is 1. The van der Waals surface area contributed by atoms with Gasteiger partial charge < -0.3 is 19.1 Å². The molecule has 47 heavy (non-hydrogen) atoms. The lowest BCUT2D eigenvalue weighted by molar-refractivity contribution is 0.104. The van der Waals surface area contributed by atoms with E-state index in [2.05, 4.69) is 35.2 Å². The fourth-order valence-corrected chi connectivity index (χ4v) is 6.89. The Morgan fingerprint density at radius 1 is 0.596 bits per heavy atom. The first-order valence-electron chi connectivity index (χ1n) is 15.7. The molecule has 0 atom stereocenters. The Kier molecular flexibility index (Phi) is 8.87. The lowest BCUT2D eigenvalue weighted by atomic mass is 9.94. The summed E-state index contributed by atoms with van der Waals surface area (Å²) in [5.41, 5.74) is 3.46. The van der Waals surface area contributed by atoms with Gasteiger partial charge in [-0.1, -0.05) is 60.7 Å². The van der Waals surface area contributed by atoms with Crippen molar-refractivity contribution in [1.82, 2.24) is 4.90 Å². The van der Waals surface area contributed by atoms with Gasteiger partial charge in [0.1, 0.15) is 37.1 Å². The smallest absolute Gasteiger partial charge is 0.193 e. The normalized spacial score (nSPS) is 11.4. The molecule has 1 aromatic heterocycles. The molecule has 6 heteroatoms. The Morgan fingerprint density at radius 3 is 1.83 bits per heavy atom. The number of nitrogens with zero attached hydrogens (tertiary/aromatic N) is 1. The Hall–Kier alpha value is -5.17. The van der Waals surface area contributed by atoms with E-state index in [9.17, 15) is 4.79 Å². The van der Waals surface area contributed by atoms with Crippen LogP contribution < -0.4 is 14.2 Å². The maximum absolute atomic E-state index is 14.2. The summed E-state index contributed by atoms with van der Waals surface area (Å²) in [6.45, 7) is 2.35.